The molecule has 0 saturated carbocycles. The number of benzene rings is 6. The van der Waals surface area contributed by atoms with E-state index < -0.39 is 10.8 Å². The van der Waals surface area contributed by atoms with Crippen LogP contribution in [0.5, 0.6) is 0 Å². The number of nitrogens with two attached hydrogens (primary N) is 2. The average Bonchev–Trinajstić information content (AvgIpc) is 3.31. The first-order chi connectivity index (χ1) is 32.0. The van der Waals surface area contributed by atoms with Gasteiger partial charge in [-0.1, -0.05) is 142 Å². The summed E-state index contributed by atoms with van der Waals surface area (Å²) in [5.74, 6) is -0.565. The van der Waals surface area contributed by atoms with Crippen LogP contribution in [0, 0.1) is 0 Å². The van der Waals surface area contributed by atoms with Crippen LogP contribution < -0.4 is 10.6 Å². The zero-order valence-electron chi connectivity index (χ0n) is 36.8. The molecular formula is C54H56Cl6N2O4+2. The molecule has 0 unspecified atom stereocenters. The van der Waals surface area contributed by atoms with E-state index in [4.69, 9.17) is 79.1 Å². The second-order valence-electron chi connectivity index (χ2n) is 16.5. The molecule has 0 saturated heterocycles. The highest BCUT2D eigenvalue weighted by molar-refractivity contribution is 6.32. The summed E-state index contributed by atoms with van der Waals surface area (Å²) in [7, 11) is 0. The van der Waals surface area contributed by atoms with Crippen molar-refractivity contribution in [1.29, 1.82) is 0 Å². The maximum absolute atomic E-state index is 13.6. The van der Waals surface area contributed by atoms with E-state index in [9.17, 15) is 9.59 Å². The first kappa shape index (κ1) is 51.3. The summed E-state index contributed by atoms with van der Waals surface area (Å²) >= 11 is 37.8. The van der Waals surface area contributed by atoms with E-state index in [1.165, 1.54) is 0 Å². The molecule has 0 heterocycles. The zero-order valence-corrected chi connectivity index (χ0v) is 41.3. The van der Waals surface area contributed by atoms with Crippen LogP contribution >= 0.6 is 69.6 Å². The molecule has 0 radical (unpaired) electrons. The van der Waals surface area contributed by atoms with Crippen LogP contribution in [0.25, 0.3) is 0 Å². The molecule has 4 N–H and O–H groups in total. The number of unbranched alkanes of at least 4 members (excludes halogenated alkanes) is 4. The van der Waals surface area contributed by atoms with E-state index in [1.807, 2.05) is 146 Å². The van der Waals surface area contributed by atoms with Crippen molar-refractivity contribution in [1.82, 2.24) is 0 Å². The Bertz CT molecular complexity index is 2020. The topological polar surface area (TPSA) is 85.8 Å². The fourth-order valence-corrected chi connectivity index (χ4v) is 9.34. The molecule has 0 aliphatic heterocycles. The standard InChI is InChI=1S/C54H54Cl6N2O4/c55-45-19-7-39(8-20-45)53(40-9-21-46(56)22-10-40,41-11-23-47(57)24-12-41)37-51(63)65-35-5-1-3-31-61-33-34-62-32-4-2-6-36-66-52(64)38-54(42-13-25-48(58)26-14-42,43-15-27-49(59)28-16-43)44-17-29-50(60)30-18-44/h7-30,61-62H,1-6,31-38H2/p+2. The fourth-order valence-electron chi connectivity index (χ4n) is 8.59. The van der Waals surface area contributed by atoms with Crippen molar-refractivity contribution in [3.63, 3.8) is 0 Å². The lowest BCUT2D eigenvalue weighted by atomic mass is 9.67. The van der Waals surface area contributed by atoms with Gasteiger partial charge in [0.1, 0.15) is 13.1 Å². The van der Waals surface area contributed by atoms with Gasteiger partial charge >= 0.3 is 11.9 Å². The molecule has 6 rings (SSSR count). The van der Waals surface area contributed by atoms with Crippen LogP contribution in [0.2, 0.25) is 30.1 Å². The van der Waals surface area contributed by atoms with Gasteiger partial charge in [-0.05, 0) is 145 Å². The number of hydrogen-bond acceptors (Lipinski definition) is 4. The second-order valence-corrected chi connectivity index (χ2v) is 19.1. The maximum atomic E-state index is 13.6. The molecule has 0 amide bonds. The highest BCUT2D eigenvalue weighted by Crippen LogP contribution is 2.45. The second kappa shape index (κ2) is 25.9. The first-order valence-electron chi connectivity index (χ1n) is 22.5. The minimum absolute atomic E-state index is 0.0969. The summed E-state index contributed by atoms with van der Waals surface area (Å²) < 4.78 is 11.7. The highest BCUT2D eigenvalue weighted by Gasteiger charge is 2.41. The van der Waals surface area contributed by atoms with Crippen molar-refractivity contribution in [2.24, 2.45) is 0 Å². The van der Waals surface area contributed by atoms with E-state index in [1.54, 1.807) is 0 Å². The third kappa shape index (κ3) is 14.2. The summed E-state index contributed by atoms with van der Waals surface area (Å²) in [6.45, 7) is 4.84. The summed E-state index contributed by atoms with van der Waals surface area (Å²) in [5.41, 5.74) is 3.79. The Balaban J connectivity index is 0.868. The fraction of sp³-hybridized carbons (Fsp3) is 0.296. The summed E-state index contributed by atoms with van der Waals surface area (Å²) in [6.07, 6.45) is 5.81. The van der Waals surface area contributed by atoms with Gasteiger partial charge in [-0.15, -0.1) is 0 Å². The molecule has 0 atom stereocenters. The molecule has 0 spiro atoms. The van der Waals surface area contributed by atoms with Gasteiger partial charge in [-0.25, -0.2) is 0 Å². The van der Waals surface area contributed by atoms with Gasteiger partial charge in [0.2, 0.25) is 0 Å². The van der Waals surface area contributed by atoms with Gasteiger partial charge in [0.15, 0.2) is 0 Å². The van der Waals surface area contributed by atoms with Crippen LogP contribution in [0.3, 0.4) is 0 Å². The molecule has 0 aliphatic carbocycles. The molecule has 12 heteroatoms. The Hall–Kier alpha value is -4.08. The van der Waals surface area contributed by atoms with Crippen molar-refractivity contribution >= 4 is 81.5 Å². The Kier molecular flexibility index (Phi) is 20.1. The highest BCUT2D eigenvalue weighted by atomic mass is 35.5. The Labute approximate surface area is 419 Å². The molecule has 346 valence electrons. The molecular weight excluding hydrogens is 953 g/mol. The average molecular weight is 1010 g/mol. The smallest absolute Gasteiger partial charge is 0.307 e. The number of carbonyl (C=O) groups is 2. The van der Waals surface area contributed by atoms with Crippen LogP contribution in [0.15, 0.2) is 146 Å². The van der Waals surface area contributed by atoms with Crippen LogP contribution in [0.1, 0.15) is 84.7 Å². The Morgan fingerprint density at radius 3 is 0.788 bits per heavy atom. The molecule has 0 aliphatic rings. The SMILES string of the molecule is O=C(CC(c1ccc(Cl)cc1)(c1ccc(Cl)cc1)c1ccc(Cl)cc1)OCCCCC[NH2+]CC[NH2+]CCCCCOC(=O)CC(c1ccc(Cl)cc1)(c1ccc(Cl)cc1)c1ccc(Cl)cc1. The van der Waals surface area contributed by atoms with E-state index in [0.29, 0.717) is 43.3 Å². The normalized spacial score (nSPS) is 11.7. The van der Waals surface area contributed by atoms with Crippen LogP contribution in [-0.4, -0.2) is 51.3 Å². The molecule has 0 fully saturated rings. The first-order valence-corrected chi connectivity index (χ1v) is 24.8. The van der Waals surface area contributed by atoms with Crippen LogP contribution in [-0.2, 0) is 29.9 Å². The summed E-state index contributed by atoms with van der Waals surface area (Å²) in [4.78, 5) is 27.2. The van der Waals surface area contributed by atoms with Gasteiger partial charge in [0.25, 0.3) is 0 Å². The molecule has 6 nitrogen and oxygen atoms in total. The van der Waals surface area contributed by atoms with E-state index >= 15 is 0 Å². The number of hydrogen-bond donors (Lipinski definition) is 2. The molecule has 0 aromatic heterocycles. The van der Waals surface area contributed by atoms with Crippen molar-refractivity contribution in [2.75, 3.05) is 39.4 Å². The summed E-state index contributed by atoms with van der Waals surface area (Å²) in [6, 6.07) is 45.6. The number of carbonyl (C=O) groups excluding carboxylic acids is 2. The van der Waals surface area contributed by atoms with Gasteiger partial charge in [0, 0.05) is 30.1 Å². The number of esters is 2. The van der Waals surface area contributed by atoms with Crippen molar-refractivity contribution < 1.29 is 29.7 Å². The third-order valence-corrected chi connectivity index (χ3v) is 13.6. The molecule has 6 aromatic carbocycles. The molecule has 6 aromatic rings. The predicted molar refractivity (Wildman–Crippen MR) is 271 cm³/mol. The van der Waals surface area contributed by atoms with Crippen LogP contribution in [0.4, 0.5) is 0 Å². The minimum atomic E-state index is -0.843. The Morgan fingerprint density at radius 2 is 0.561 bits per heavy atom. The van der Waals surface area contributed by atoms with Crippen molar-refractivity contribution in [2.45, 2.75) is 62.2 Å². The number of halogens is 6. The van der Waals surface area contributed by atoms with Crippen molar-refractivity contribution in [3.05, 3.63) is 209 Å². The quantitative estimate of drug-likeness (QED) is 0.0340. The number of quaternary nitrogens is 2. The Morgan fingerprint density at radius 1 is 0.333 bits per heavy atom. The van der Waals surface area contributed by atoms with Gasteiger partial charge in [-0.3, -0.25) is 9.59 Å². The number of rotatable bonds is 25. The zero-order chi connectivity index (χ0) is 46.8. The van der Waals surface area contributed by atoms with E-state index in [-0.39, 0.29) is 24.8 Å². The number of ether oxygens (including phenoxy) is 2. The van der Waals surface area contributed by atoms with Gasteiger partial charge in [0.05, 0.1) is 50.0 Å². The largest absolute Gasteiger partial charge is 0.466 e. The van der Waals surface area contributed by atoms with Gasteiger partial charge < -0.3 is 20.1 Å². The minimum Gasteiger partial charge on any atom is -0.466 e. The third-order valence-electron chi connectivity index (χ3n) is 12.0. The van der Waals surface area contributed by atoms with E-state index in [2.05, 4.69) is 10.6 Å². The maximum Gasteiger partial charge on any atom is 0.307 e. The molecule has 0 bridgehead atoms. The lowest BCUT2D eigenvalue weighted by Crippen LogP contribution is -2.94. The van der Waals surface area contributed by atoms with E-state index in [0.717, 1.165) is 98.1 Å². The van der Waals surface area contributed by atoms with Crippen molar-refractivity contribution in [3.8, 4) is 0 Å². The predicted octanol–water partition coefficient (Wildman–Crippen LogP) is 12.3. The lowest BCUT2D eigenvalue weighted by Gasteiger charge is -2.35. The lowest BCUT2D eigenvalue weighted by molar-refractivity contribution is -0.723. The monoisotopic (exact) mass is 1010 g/mol. The van der Waals surface area contributed by atoms with Gasteiger partial charge in [-0.2, -0.15) is 0 Å². The molecule has 66 heavy (non-hydrogen) atoms. The summed E-state index contributed by atoms with van der Waals surface area (Å²) in [5, 5.41) is 8.36.